The lowest BCUT2D eigenvalue weighted by molar-refractivity contribution is 0.0920. The van der Waals surface area contributed by atoms with Crippen LogP contribution in [0.15, 0.2) is 4.42 Å². The van der Waals surface area contributed by atoms with Crippen molar-refractivity contribution >= 4 is 5.91 Å². The molecule has 0 saturated heterocycles. The van der Waals surface area contributed by atoms with Crippen LogP contribution in [0.25, 0.3) is 0 Å². The molecule has 0 radical (unpaired) electrons. The van der Waals surface area contributed by atoms with Crippen molar-refractivity contribution in [1.29, 1.82) is 0 Å². The Morgan fingerprint density at radius 1 is 1.56 bits per heavy atom. The molecule has 1 amide bonds. The lowest BCUT2D eigenvalue weighted by Gasteiger charge is -2.05. The zero-order valence-electron chi connectivity index (χ0n) is 9.91. The quantitative estimate of drug-likeness (QED) is 0.739. The summed E-state index contributed by atoms with van der Waals surface area (Å²) in [6.07, 6.45) is 1.09. The van der Waals surface area contributed by atoms with Crippen molar-refractivity contribution in [2.24, 2.45) is 0 Å². The predicted molar refractivity (Wildman–Crippen MR) is 59.2 cm³/mol. The molecule has 1 heterocycles. The average molecular weight is 226 g/mol. The lowest BCUT2D eigenvalue weighted by Crippen LogP contribution is -2.25. The molecule has 0 aliphatic rings. The minimum Gasteiger partial charge on any atom is -0.436 e. The lowest BCUT2D eigenvalue weighted by atomic mass is 10.2. The van der Waals surface area contributed by atoms with Gasteiger partial charge in [0.15, 0.2) is 5.89 Å². The van der Waals surface area contributed by atoms with Crippen LogP contribution in [0.4, 0.5) is 0 Å². The molecule has 0 aromatic carbocycles. The first-order valence-electron chi connectivity index (χ1n) is 5.41. The maximum atomic E-state index is 11.6. The van der Waals surface area contributed by atoms with Gasteiger partial charge in [0.2, 0.25) is 5.76 Å². The van der Waals surface area contributed by atoms with Crippen molar-refractivity contribution in [3.05, 3.63) is 17.3 Å². The molecule has 0 aliphatic carbocycles. The average Bonchev–Trinajstić information content (AvgIpc) is 2.52. The van der Waals surface area contributed by atoms with Gasteiger partial charge >= 0.3 is 0 Å². The van der Waals surface area contributed by atoms with Crippen LogP contribution in [0.1, 0.15) is 41.9 Å². The fourth-order valence-corrected chi connectivity index (χ4v) is 1.42. The van der Waals surface area contributed by atoms with Crippen LogP contribution in [-0.2, 0) is 0 Å². The van der Waals surface area contributed by atoms with Gasteiger partial charge in [-0.2, -0.15) is 0 Å². The molecule has 1 atom stereocenters. The van der Waals surface area contributed by atoms with Gasteiger partial charge in [-0.15, -0.1) is 0 Å². The van der Waals surface area contributed by atoms with E-state index < -0.39 is 0 Å². The summed E-state index contributed by atoms with van der Waals surface area (Å²) in [6.45, 7) is 5.70. The van der Waals surface area contributed by atoms with Gasteiger partial charge in [-0.25, -0.2) is 4.98 Å². The second-order valence-corrected chi connectivity index (χ2v) is 3.89. The number of rotatable bonds is 5. The first kappa shape index (κ1) is 12.7. The van der Waals surface area contributed by atoms with Crippen molar-refractivity contribution in [2.45, 2.75) is 39.7 Å². The first-order valence-corrected chi connectivity index (χ1v) is 5.41. The van der Waals surface area contributed by atoms with Gasteiger partial charge in [-0.1, -0.05) is 0 Å². The Morgan fingerprint density at radius 2 is 2.25 bits per heavy atom. The van der Waals surface area contributed by atoms with Gasteiger partial charge in [-0.05, 0) is 26.7 Å². The maximum absolute atomic E-state index is 11.6. The van der Waals surface area contributed by atoms with Gasteiger partial charge in [-0.3, -0.25) is 4.79 Å². The number of oxazole rings is 1. The third kappa shape index (κ3) is 3.66. The molecule has 0 fully saturated rings. The van der Waals surface area contributed by atoms with Crippen LogP contribution in [0, 0.1) is 13.8 Å². The molecular formula is C11H18N2O3. The number of amides is 1. The number of carbonyl (C=O) groups excluding carboxylic acids is 1. The summed E-state index contributed by atoms with van der Waals surface area (Å²) < 4.78 is 5.18. The summed E-state index contributed by atoms with van der Waals surface area (Å²) in [6, 6.07) is 0. The molecule has 0 spiro atoms. The van der Waals surface area contributed by atoms with E-state index in [4.69, 9.17) is 9.52 Å². The molecule has 1 rings (SSSR count). The topological polar surface area (TPSA) is 75.4 Å². The van der Waals surface area contributed by atoms with Crippen molar-refractivity contribution < 1.29 is 14.3 Å². The third-order valence-corrected chi connectivity index (χ3v) is 2.19. The number of aliphatic hydroxyl groups excluding tert-OH is 1. The van der Waals surface area contributed by atoms with E-state index in [-0.39, 0.29) is 17.8 Å². The van der Waals surface area contributed by atoms with Gasteiger partial charge in [0, 0.05) is 13.5 Å². The third-order valence-electron chi connectivity index (χ3n) is 2.19. The van der Waals surface area contributed by atoms with Crippen LogP contribution < -0.4 is 5.32 Å². The molecule has 0 saturated carbocycles. The number of aliphatic hydroxyl groups is 1. The number of hydrogen-bond donors (Lipinski definition) is 2. The highest BCUT2D eigenvalue weighted by Gasteiger charge is 2.14. The molecule has 5 heteroatoms. The summed E-state index contributed by atoms with van der Waals surface area (Å²) in [4.78, 5) is 15.6. The van der Waals surface area contributed by atoms with Crippen LogP contribution >= 0.6 is 0 Å². The van der Waals surface area contributed by atoms with Crippen molar-refractivity contribution in [3.63, 3.8) is 0 Å². The van der Waals surface area contributed by atoms with E-state index in [0.717, 1.165) is 6.42 Å². The smallest absolute Gasteiger partial charge is 0.289 e. The molecule has 1 unspecified atom stereocenters. The standard InChI is InChI=1S/C11H18N2O3/c1-7(14)5-4-6-12-11(15)10-8(2)13-9(3)16-10/h7,14H,4-6H2,1-3H3,(H,12,15). The van der Waals surface area contributed by atoms with E-state index in [1.54, 1.807) is 20.8 Å². The molecule has 0 aliphatic heterocycles. The van der Waals surface area contributed by atoms with Gasteiger partial charge < -0.3 is 14.8 Å². The Labute approximate surface area is 94.9 Å². The summed E-state index contributed by atoms with van der Waals surface area (Å²) in [5.41, 5.74) is 0.602. The van der Waals surface area contributed by atoms with Crippen LogP contribution in [0.3, 0.4) is 0 Å². The van der Waals surface area contributed by atoms with Crippen LogP contribution in [0.5, 0.6) is 0 Å². The summed E-state index contributed by atoms with van der Waals surface area (Å²) in [7, 11) is 0. The highest BCUT2D eigenvalue weighted by molar-refractivity contribution is 5.92. The molecule has 16 heavy (non-hydrogen) atoms. The Bertz CT molecular complexity index is 358. The zero-order valence-corrected chi connectivity index (χ0v) is 9.91. The fraction of sp³-hybridized carbons (Fsp3) is 0.636. The van der Waals surface area contributed by atoms with Gasteiger partial charge in [0.25, 0.3) is 5.91 Å². The molecular weight excluding hydrogens is 208 g/mol. The monoisotopic (exact) mass is 226 g/mol. The normalized spacial score (nSPS) is 12.5. The van der Waals surface area contributed by atoms with E-state index in [0.29, 0.717) is 24.6 Å². The number of nitrogens with one attached hydrogen (secondary N) is 1. The van der Waals surface area contributed by atoms with Crippen LogP contribution in [0.2, 0.25) is 0 Å². The molecule has 1 aromatic rings. The number of hydrogen-bond acceptors (Lipinski definition) is 4. The summed E-state index contributed by atoms with van der Waals surface area (Å²) in [5.74, 6) is 0.518. The minimum atomic E-state index is -0.328. The highest BCUT2D eigenvalue weighted by atomic mass is 16.4. The Balaban J connectivity index is 2.38. The minimum absolute atomic E-state index is 0.247. The molecule has 1 aromatic heterocycles. The Hall–Kier alpha value is -1.36. The number of carbonyl (C=O) groups is 1. The van der Waals surface area contributed by atoms with E-state index in [2.05, 4.69) is 10.3 Å². The van der Waals surface area contributed by atoms with Crippen LogP contribution in [-0.4, -0.2) is 28.6 Å². The molecule has 0 bridgehead atoms. The van der Waals surface area contributed by atoms with Crippen molar-refractivity contribution in [3.8, 4) is 0 Å². The highest BCUT2D eigenvalue weighted by Crippen LogP contribution is 2.08. The summed E-state index contributed by atoms with van der Waals surface area (Å²) >= 11 is 0. The van der Waals surface area contributed by atoms with E-state index in [1.165, 1.54) is 0 Å². The maximum Gasteiger partial charge on any atom is 0.289 e. The number of aromatic nitrogens is 1. The Kier molecular flexibility index (Phi) is 4.49. The van der Waals surface area contributed by atoms with E-state index >= 15 is 0 Å². The largest absolute Gasteiger partial charge is 0.436 e. The number of nitrogens with zero attached hydrogens (tertiary/aromatic N) is 1. The Morgan fingerprint density at radius 3 is 2.75 bits per heavy atom. The SMILES string of the molecule is Cc1nc(C)c(C(=O)NCCCC(C)O)o1. The number of aryl methyl sites for hydroxylation is 2. The molecule has 2 N–H and O–H groups in total. The predicted octanol–water partition coefficient (Wildman–Crippen LogP) is 1.18. The van der Waals surface area contributed by atoms with Gasteiger partial charge in [0.1, 0.15) is 0 Å². The first-order chi connectivity index (χ1) is 7.50. The van der Waals surface area contributed by atoms with Crippen molar-refractivity contribution in [2.75, 3.05) is 6.54 Å². The second kappa shape index (κ2) is 5.65. The zero-order chi connectivity index (χ0) is 12.1. The second-order valence-electron chi connectivity index (χ2n) is 3.89. The van der Waals surface area contributed by atoms with E-state index in [9.17, 15) is 4.79 Å². The van der Waals surface area contributed by atoms with Gasteiger partial charge in [0.05, 0.1) is 11.8 Å². The fourth-order valence-electron chi connectivity index (χ4n) is 1.42. The molecule has 90 valence electrons. The molecule has 5 nitrogen and oxygen atoms in total. The van der Waals surface area contributed by atoms with Crippen molar-refractivity contribution in [1.82, 2.24) is 10.3 Å². The van der Waals surface area contributed by atoms with E-state index in [1.807, 2.05) is 0 Å². The summed E-state index contributed by atoms with van der Waals surface area (Å²) in [5, 5.41) is 11.8.